The van der Waals surface area contributed by atoms with Crippen LogP contribution < -0.4 is 0 Å². The highest BCUT2D eigenvalue weighted by atomic mass is 127. The van der Waals surface area contributed by atoms with Crippen LogP contribution in [0.2, 0.25) is 0 Å². The fourth-order valence-electron chi connectivity index (χ4n) is 2.07. The maximum Gasteiger partial charge on any atom is 0.253 e. The molecule has 0 aromatic heterocycles. The molecule has 1 saturated heterocycles. The zero-order valence-electron chi connectivity index (χ0n) is 9.97. The number of hydrogen-bond donors (Lipinski definition) is 0. The smallest absolute Gasteiger partial charge is 0.253 e. The quantitative estimate of drug-likeness (QED) is 0.733. The van der Waals surface area contributed by atoms with Gasteiger partial charge in [0.1, 0.15) is 0 Å². The minimum Gasteiger partial charge on any atom is -0.337 e. The standard InChI is InChI=1S/C12H14INO3S/c1-18(16,17)11-5-6-14(8-11)12(15)9-3-2-4-10(13)7-9/h2-4,7,11H,5-6,8H2,1H3. The lowest BCUT2D eigenvalue weighted by Crippen LogP contribution is -2.31. The number of sulfone groups is 1. The molecular formula is C12H14INO3S. The van der Waals surface area contributed by atoms with E-state index in [1.165, 1.54) is 6.26 Å². The van der Waals surface area contributed by atoms with Gasteiger partial charge in [0.2, 0.25) is 0 Å². The Kier molecular flexibility index (Phi) is 3.96. The van der Waals surface area contributed by atoms with Crippen molar-refractivity contribution in [3.8, 4) is 0 Å². The third-order valence-corrected chi connectivity index (χ3v) is 5.38. The average molecular weight is 379 g/mol. The van der Waals surface area contributed by atoms with Gasteiger partial charge < -0.3 is 4.90 Å². The Hall–Kier alpha value is -0.630. The van der Waals surface area contributed by atoms with Crippen molar-refractivity contribution in [3.05, 3.63) is 33.4 Å². The molecule has 0 radical (unpaired) electrons. The van der Waals surface area contributed by atoms with E-state index < -0.39 is 15.1 Å². The van der Waals surface area contributed by atoms with E-state index >= 15 is 0 Å². The van der Waals surface area contributed by atoms with Gasteiger partial charge in [0, 0.05) is 28.5 Å². The molecule has 1 heterocycles. The number of rotatable bonds is 2. The second kappa shape index (κ2) is 5.16. The molecule has 18 heavy (non-hydrogen) atoms. The van der Waals surface area contributed by atoms with Crippen LogP contribution in [0.3, 0.4) is 0 Å². The van der Waals surface area contributed by atoms with E-state index in [1.807, 2.05) is 18.2 Å². The zero-order chi connectivity index (χ0) is 13.3. The van der Waals surface area contributed by atoms with Gasteiger partial charge in [-0.25, -0.2) is 8.42 Å². The highest BCUT2D eigenvalue weighted by Crippen LogP contribution is 2.19. The second-order valence-corrected chi connectivity index (χ2v) is 8.07. The number of amides is 1. The first-order chi connectivity index (χ1) is 8.38. The molecular weight excluding hydrogens is 365 g/mol. The normalized spacial score (nSPS) is 20.1. The SMILES string of the molecule is CS(=O)(=O)C1CCN(C(=O)c2cccc(I)c2)C1. The molecule has 6 heteroatoms. The molecule has 1 atom stereocenters. The molecule has 1 aliphatic rings. The lowest BCUT2D eigenvalue weighted by atomic mass is 10.2. The number of benzene rings is 1. The fourth-order valence-corrected chi connectivity index (χ4v) is 3.59. The molecule has 98 valence electrons. The van der Waals surface area contributed by atoms with E-state index in [2.05, 4.69) is 22.6 Å². The van der Waals surface area contributed by atoms with E-state index in [-0.39, 0.29) is 5.91 Å². The molecule has 1 aromatic rings. The van der Waals surface area contributed by atoms with E-state index in [4.69, 9.17) is 0 Å². The minimum atomic E-state index is -3.05. The summed E-state index contributed by atoms with van der Waals surface area (Å²) >= 11 is 2.15. The maximum absolute atomic E-state index is 12.2. The monoisotopic (exact) mass is 379 g/mol. The van der Waals surface area contributed by atoms with Crippen LogP contribution in [-0.4, -0.2) is 43.8 Å². The van der Waals surface area contributed by atoms with Gasteiger partial charge in [-0.05, 0) is 47.2 Å². The van der Waals surface area contributed by atoms with Crippen LogP contribution in [0.5, 0.6) is 0 Å². The Labute approximate surface area is 120 Å². The largest absolute Gasteiger partial charge is 0.337 e. The summed E-state index contributed by atoms with van der Waals surface area (Å²) in [6.45, 7) is 0.825. The summed E-state index contributed by atoms with van der Waals surface area (Å²) in [6, 6.07) is 7.33. The number of nitrogens with zero attached hydrogens (tertiary/aromatic N) is 1. The zero-order valence-corrected chi connectivity index (χ0v) is 12.9. The van der Waals surface area contributed by atoms with Crippen molar-refractivity contribution < 1.29 is 13.2 Å². The Balaban J connectivity index is 2.13. The van der Waals surface area contributed by atoms with Crippen molar-refractivity contribution in [2.75, 3.05) is 19.3 Å². The number of halogens is 1. The van der Waals surface area contributed by atoms with Gasteiger partial charge in [-0.3, -0.25) is 4.79 Å². The summed E-state index contributed by atoms with van der Waals surface area (Å²) in [5.74, 6) is -0.0836. The maximum atomic E-state index is 12.2. The van der Waals surface area contributed by atoms with Crippen LogP contribution in [0.1, 0.15) is 16.8 Å². The Bertz CT molecular complexity index is 570. The van der Waals surface area contributed by atoms with Crippen molar-refractivity contribution >= 4 is 38.3 Å². The molecule has 1 fully saturated rings. The molecule has 0 spiro atoms. The molecule has 2 rings (SSSR count). The summed E-state index contributed by atoms with van der Waals surface area (Å²) in [5, 5.41) is -0.413. The number of likely N-dealkylation sites (tertiary alicyclic amines) is 1. The molecule has 1 aromatic carbocycles. The van der Waals surface area contributed by atoms with Crippen LogP contribution in [0, 0.1) is 3.57 Å². The first kappa shape index (κ1) is 13.8. The van der Waals surface area contributed by atoms with Crippen molar-refractivity contribution in [1.82, 2.24) is 4.90 Å². The molecule has 1 unspecified atom stereocenters. The van der Waals surface area contributed by atoms with Gasteiger partial charge in [0.25, 0.3) is 5.91 Å². The number of carbonyl (C=O) groups excluding carboxylic acids is 1. The molecule has 0 N–H and O–H groups in total. The topological polar surface area (TPSA) is 54.5 Å². The van der Waals surface area contributed by atoms with Gasteiger partial charge in [-0.2, -0.15) is 0 Å². The third kappa shape index (κ3) is 3.03. The van der Waals surface area contributed by atoms with E-state index in [9.17, 15) is 13.2 Å². The third-order valence-electron chi connectivity index (χ3n) is 3.11. The van der Waals surface area contributed by atoms with Crippen LogP contribution in [-0.2, 0) is 9.84 Å². The van der Waals surface area contributed by atoms with Gasteiger partial charge in [0.15, 0.2) is 9.84 Å². The number of hydrogen-bond acceptors (Lipinski definition) is 3. The van der Waals surface area contributed by atoms with Crippen LogP contribution in [0.4, 0.5) is 0 Å². The van der Waals surface area contributed by atoms with Crippen molar-refractivity contribution in [2.45, 2.75) is 11.7 Å². The molecule has 4 nitrogen and oxygen atoms in total. The minimum absolute atomic E-state index is 0.0836. The summed E-state index contributed by atoms with van der Waals surface area (Å²) in [5.41, 5.74) is 0.621. The predicted octanol–water partition coefficient (Wildman–Crippen LogP) is 1.55. The van der Waals surface area contributed by atoms with Crippen LogP contribution in [0.25, 0.3) is 0 Å². The lowest BCUT2D eigenvalue weighted by molar-refractivity contribution is 0.0793. The first-order valence-electron chi connectivity index (χ1n) is 5.61. The van der Waals surface area contributed by atoms with Gasteiger partial charge in [0.05, 0.1) is 5.25 Å². The highest BCUT2D eigenvalue weighted by Gasteiger charge is 2.32. The first-order valence-corrected chi connectivity index (χ1v) is 8.65. The van der Waals surface area contributed by atoms with E-state index in [0.29, 0.717) is 25.1 Å². The highest BCUT2D eigenvalue weighted by molar-refractivity contribution is 14.1. The molecule has 1 aliphatic heterocycles. The number of carbonyl (C=O) groups is 1. The van der Waals surface area contributed by atoms with Crippen molar-refractivity contribution in [1.29, 1.82) is 0 Å². The Morgan fingerprint density at radius 3 is 2.72 bits per heavy atom. The average Bonchev–Trinajstić information content (AvgIpc) is 2.77. The van der Waals surface area contributed by atoms with Crippen molar-refractivity contribution in [3.63, 3.8) is 0 Å². The Morgan fingerprint density at radius 1 is 1.44 bits per heavy atom. The lowest BCUT2D eigenvalue weighted by Gasteiger charge is -2.16. The molecule has 0 saturated carbocycles. The van der Waals surface area contributed by atoms with Crippen molar-refractivity contribution in [2.24, 2.45) is 0 Å². The second-order valence-electron chi connectivity index (χ2n) is 4.50. The predicted molar refractivity (Wildman–Crippen MR) is 78.3 cm³/mol. The molecule has 0 bridgehead atoms. The fraction of sp³-hybridized carbons (Fsp3) is 0.417. The molecule has 1 amide bonds. The van der Waals surface area contributed by atoms with Crippen LogP contribution >= 0.6 is 22.6 Å². The summed E-state index contributed by atoms with van der Waals surface area (Å²) in [7, 11) is -3.05. The van der Waals surface area contributed by atoms with E-state index in [1.54, 1.807) is 11.0 Å². The summed E-state index contributed by atoms with van der Waals surface area (Å²) in [6.07, 6.45) is 1.77. The summed E-state index contributed by atoms with van der Waals surface area (Å²) < 4.78 is 23.9. The van der Waals surface area contributed by atoms with Gasteiger partial charge in [-0.15, -0.1) is 0 Å². The Morgan fingerprint density at radius 2 is 2.17 bits per heavy atom. The van der Waals surface area contributed by atoms with Gasteiger partial charge in [-0.1, -0.05) is 6.07 Å². The van der Waals surface area contributed by atoms with Crippen LogP contribution in [0.15, 0.2) is 24.3 Å². The van der Waals surface area contributed by atoms with Gasteiger partial charge >= 0.3 is 0 Å². The van der Waals surface area contributed by atoms with E-state index in [0.717, 1.165) is 3.57 Å². The molecule has 0 aliphatic carbocycles. The summed E-state index contributed by atoms with van der Waals surface area (Å²) in [4.78, 5) is 13.8.